The van der Waals surface area contributed by atoms with Gasteiger partial charge in [-0.1, -0.05) is 30.3 Å². The van der Waals surface area contributed by atoms with Gasteiger partial charge in [0.25, 0.3) is 0 Å². The summed E-state index contributed by atoms with van der Waals surface area (Å²) in [5, 5.41) is 2.95. The zero-order valence-electron chi connectivity index (χ0n) is 20.2. The molecule has 0 spiro atoms. The molecule has 0 unspecified atom stereocenters. The van der Waals surface area contributed by atoms with Crippen LogP contribution in [0.25, 0.3) is 22.6 Å². The summed E-state index contributed by atoms with van der Waals surface area (Å²) >= 11 is 3.53. The molecule has 1 amide bonds. The number of fused-ring (bicyclic) bond motifs is 1. The molecule has 1 aromatic heterocycles. The first-order chi connectivity index (χ1) is 17.8. The molecule has 192 valence electrons. The summed E-state index contributed by atoms with van der Waals surface area (Å²) in [6, 6.07) is 20.0. The topological polar surface area (TPSA) is 102 Å². The van der Waals surface area contributed by atoms with E-state index in [1.807, 2.05) is 48.5 Å². The number of piperidine rings is 1. The van der Waals surface area contributed by atoms with Gasteiger partial charge >= 0.3 is 0 Å². The highest BCUT2D eigenvalue weighted by atomic mass is 79.9. The fraction of sp³-hybridized carbons (Fsp3) is 0.259. The third-order valence-electron chi connectivity index (χ3n) is 6.47. The Balaban J connectivity index is 1.22. The SMILES string of the molecule is COc1ccc(-c2nc3ccc(NC(=O)C4CCN(S(=O)(=O)Cc5ccccc5)CC4)cc3o2)c(Br)c1. The molecule has 0 aliphatic carbocycles. The molecule has 3 aromatic carbocycles. The van der Waals surface area contributed by atoms with Crippen molar-refractivity contribution >= 4 is 48.6 Å². The van der Waals surface area contributed by atoms with E-state index in [9.17, 15) is 13.2 Å². The Morgan fingerprint density at radius 3 is 2.57 bits per heavy atom. The number of oxazole rings is 1. The van der Waals surface area contributed by atoms with E-state index in [4.69, 9.17) is 9.15 Å². The van der Waals surface area contributed by atoms with Crippen LogP contribution in [-0.4, -0.2) is 43.8 Å². The Morgan fingerprint density at radius 2 is 1.86 bits per heavy atom. The number of hydrogen-bond donors (Lipinski definition) is 1. The van der Waals surface area contributed by atoms with Crippen LogP contribution in [0.4, 0.5) is 5.69 Å². The summed E-state index contributed by atoms with van der Waals surface area (Å²) in [7, 11) is -1.82. The Bertz CT molecular complexity index is 1530. The first-order valence-corrected chi connectivity index (χ1v) is 14.3. The lowest BCUT2D eigenvalue weighted by molar-refractivity contribution is -0.120. The van der Waals surface area contributed by atoms with Gasteiger partial charge in [0, 0.05) is 35.2 Å². The van der Waals surface area contributed by atoms with Gasteiger partial charge < -0.3 is 14.5 Å². The number of halogens is 1. The first-order valence-electron chi connectivity index (χ1n) is 11.9. The van der Waals surface area contributed by atoms with Crippen molar-refractivity contribution in [2.75, 3.05) is 25.5 Å². The summed E-state index contributed by atoms with van der Waals surface area (Å²) < 4.78 is 39.1. The van der Waals surface area contributed by atoms with Crippen LogP contribution in [0.5, 0.6) is 5.75 Å². The number of hydrogen-bond acceptors (Lipinski definition) is 6. The number of ether oxygens (including phenoxy) is 1. The van der Waals surface area contributed by atoms with Crippen LogP contribution in [0, 0.1) is 5.92 Å². The molecule has 5 rings (SSSR count). The van der Waals surface area contributed by atoms with Gasteiger partial charge in [-0.25, -0.2) is 17.7 Å². The van der Waals surface area contributed by atoms with Crippen molar-refractivity contribution in [3.63, 3.8) is 0 Å². The van der Waals surface area contributed by atoms with Crippen LogP contribution in [0.15, 0.2) is 75.6 Å². The van der Waals surface area contributed by atoms with Crippen LogP contribution < -0.4 is 10.1 Å². The summed E-state index contributed by atoms with van der Waals surface area (Å²) in [6.07, 6.45) is 0.945. The van der Waals surface area contributed by atoms with E-state index in [1.165, 1.54) is 4.31 Å². The van der Waals surface area contributed by atoms with Gasteiger partial charge in [0.2, 0.25) is 21.8 Å². The van der Waals surface area contributed by atoms with Crippen molar-refractivity contribution in [3.05, 3.63) is 76.8 Å². The van der Waals surface area contributed by atoms with Gasteiger partial charge in [0.05, 0.1) is 18.4 Å². The van der Waals surface area contributed by atoms with Crippen molar-refractivity contribution in [1.29, 1.82) is 0 Å². The summed E-state index contributed by atoms with van der Waals surface area (Å²) in [6.45, 7) is 0.656. The minimum absolute atomic E-state index is 0.0308. The van der Waals surface area contributed by atoms with Crippen molar-refractivity contribution < 1.29 is 22.4 Å². The summed E-state index contributed by atoms with van der Waals surface area (Å²) in [5.41, 5.74) is 3.38. The quantitative estimate of drug-likeness (QED) is 0.310. The molecular formula is C27H26BrN3O5S. The van der Waals surface area contributed by atoms with Crippen LogP contribution in [-0.2, 0) is 20.6 Å². The average Bonchev–Trinajstić information content (AvgIpc) is 3.32. The van der Waals surface area contributed by atoms with E-state index in [0.29, 0.717) is 48.6 Å². The van der Waals surface area contributed by atoms with Crippen molar-refractivity contribution in [3.8, 4) is 17.2 Å². The van der Waals surface area contributed by atoms with Crippen molar-refractivity contribution in [1.82, 2.24) is 9.29 Å². The summed E-state index contributed by atoms with van der Waals surface area (Å²) in [5.74, 6) is 0.752. The molecule has 0 bridgehead atoms. The fourth-order valence-electron chi connectivity index (χ4n) is 4.43. The molecule has 0 atom stereocenters. The molecule has 1 fully saturated rings. The predicted octanol–water partition coefficient (Wildman–Crippen LogP) is 5.45. The number of benzene rings is 3. The molecule has 1 saturated heterocycles. The van der Waals surface area contributed by atoms with Gasteiger partial charge in [-0.05, 0) is 64.7 Å². The van der Waals surface area contributed by atoms with Crippen molar-refractivity contribution in [2.45, 2.75) is 18.6 Å². The van der Waals surface area contributed by atoms with Gasteiger partial charge in [-0.15, -0.1) is 0 Å². The van der Waals surface area contributed by atoms with Crippen LogP contribution >= 0.6 is 15.9 Å². The highest BCUT2D eigenvalue weighted by Crippen LogP contribution is 2.33. The first kappa shape index (κ1) is 25.4. The molecule has 0 radical (unpaired) electrons. The maximum atomic E-state index is 12.9. The Kier molecular flexibility index (Phi) is 7.32. The number of methoxy groups -OCH3 is 1. The van der Waals surface area contributed by atoms with Crippen molar-refractivity contribution in [2.24, 2.45) is 5.92 Å². The fourth-order valence-corrected chi connectivity index (χ4v) is 6.52. The average molecular weight is 584 g/mol. The van der Waals surface area contributed by atoms with Gasteiger partial charge in [-0.3, -0.25) is 4.79 Å². The lowest BCUT2D eigenvalue weighted by Crippen LogP contribution is -2.41. The maximum absolute atomic E-state index is 12.9. The third-order valence-corrected chi connectivity index (χ3v) is 8.98. The smallest absolute Gasteiger partial charge is 0.228 e. The second-order valence-corrected chi connectivity index (χ2v) is 11.8. The van der Waals surface area contributed by atoms with Gasteiger partial charge in [0.15, 0.2) is 5.58 Å². The predicted molar refractivity (Wildman–Crippen MR) is 146 cm³/mol. The molecule has 1 N–H and O–H groups in total. The number of sulfonamides is 1. The molecule has 37 heavy (non-hydrogen) atoms. The lowest BCUT2D eigenvalue weighted by atomic mass is 9.97. The second kappa shape index (κ2) is 10.6. The van der Waals surface area contributed by atoms with E-state index in [0.717, 1.165) is 21.3 Å². The molecule has 2 heterocycles. The highest BCUT2D eigenvalue weighted by molar-refractivity contribution is 9.10. The van der Waals surface area contributed by atoms with Gasteiger partial charge in [0.1, 0.15) is 11.3 Å². The molecular weight excluding hydrogens is 558 g/mol. The Labute approximate surface area is 223 Å². The number of anilines is 1. The normalized spacial score (nSPS) is 15.1. The number of carbonyl (C=O) groups is 1. The Hall–Kier alpha value is -3.21. The lowest BCUT2D eigenvalue weighted by Gasteiger charge is -2.30. The zero-order valence-corrected chi connectivity index (χ0v) is 22.6. The number of nitrogens with zero attached hydrogens (tertiary/aromatic N) is 2. The third kappa shape index (κ3) is 5.71. The van der Waals surface area contributed by atoms with E-state index >= 15 is 0 Å². The van der Waals surface area contributed by atoms with E-state index in [2.05, 4.69) is 26.2 Å². The maximum Gasteiger partial charge on any atom is 0.228 e. The highest BCUT2D eigenvalue weighted by Gasteiger charge is 2.31. The molecule has 10 heteroatoms. The number of carbonyl (C=O) groups excluding carboxylic acids is 1. The minimum Gasteiger partial charge on any atom is -0.497 e. The van der Waals surface area contributed by atoms with Crippen LogP contribution in [0.2, 0.25) is 0 Å². The molecule has 1 aliphatic rings. The standard InChI is InChI=1S/C27H26BrN3O5S/c1-35-21-8-9-22(23(28)16-21)27-30-24-10-7-20(15-25(24)36-27)29-26(32)19-11-13-31(14-12-19)37(33,34)17-18-5-3-2-4-6-18/h2-10,15-16,19H,11-14,17H2,1H3,(H,29,32). The van der Waals surface area contributed by atoms with Crippen LogP contribution in [0.1, 0.15) is 18.4 Å². The number of amides is 1. The largest absolute Gasteiger partial charge is 0.497 e. The Morgan fingerprint density at radius 1 is 1.11 bits per heavy atom. The number of rotatable bonds is 7. The zero-order chi connectivity index (χ0) is 26.0. The summed E-state index contributed by atoms with van der Waals surface area (Å²) in [4.78, 5) is 17.5. The molecule has 1 aliphatic heterocycles. The number of aromatic nitrogens is 1. The van der Waals surface area contributed by atoms with E-state index in [1.54, 1.807) is 25.3 Å². The minimum atomic E-state index is -3.42. The number of nitrogens with one attached hydrogen (secondary N) is 1. The van der Waals surface area contributed by atoms with Gasteiger partial charge in [-0.2, -0.15) is 0 Å². The van der Waals surface area contributed by atoms with Crippen LogP contribution in [0.3, 0.4) is 0 Å². The molecule has 0 saturated carbocycles. The van der Waals surface area contributed by atoms with E-state index < -0.39 is 10.0 Å². The molecule has 8 nitrogen and oxygen atoms in total. The van der Waals surface area contributed by atoms with E-state index in [-0.39, 0.29) is 17.6 Å². The second-order valence-electron chi connectivity index (χ2n) is 8.95. The monoisotopic (exact) mass is 583 g/mol. The molecule has 4 aromatic rings.